The number of nitrogens with one attached hydrogen (secondary N) is 1. The molecule has 144 valence electrons. The highest BCUT2D eigenvalue weighted by Gasteiger charge is 2.22. The van der Waals surface area contributed by atoms with Gasteiger partial charge in [-0.05, 0) is 29.8 Å². The number of hydrogen-bond acceptors (Lipinski definition) is 7. The summed E-state index contributed by atoms with van der Waals surface area (Å²) in [6.45, 7) is 0. The molecule has 0 atom stereocenters. The lowest BCUT2D eigenvalue weighted by atomic mass is 10.0. The van der Waals surface area contributed by atoms with E-state index < -0.39 is 5.97 Å². The van der Waals surface area contributed by atoms with Crippen molar-refractivity contribution >= 4 is 40.0 Å². The number of amides is 1. The smallest absolute Gasteiger partial charge is 0.341 e. The predicted octanol–water partition coefficient (Wildman–Crippen LogP) is 4.34. The van der Waals surface area contributed by atoms with Gasteiger partial charge in [-0.1, -0.05) is 30.0 Å². The van der Waals surface area contributed by atoms with Gasteiger partial charge in [-0.3, -0.25) is 4.79 Å². The molecule has 28 heavy (non-hydrogen) atoms. The molecule has 0 fully saturated rings. The largest absolute Gasteiger partial charge is 0.497 e. The molecule has 1 aromatic carbocycles. The number of pyridine rings is 1. The minimum atomic E-state index is -0.500. The van der Waals surface area contributed by atoms with Gasteiger partial charge >= 0.3 is 5.97 Å². The van der Waals surface area contributed by atoms with Crippen LogP contribution in [0.1, 0.15) is 10.4 Å². The first-order chi connectivity index (χ1) is 13.6. The monoisotopic (exact) mass is 414 g/mol. The van der Waals surface area contributed by atoms with Crippen molar-refractivity contribution < 1.29 is 19.1 Å². The molecule has 1 N–H and O–H groups in total. The summed E-state index contributed by atoms with van der Waals surface area (Å²) in [5, 5.41) is 5.87. The molecule has 3 rings (SSSR count). The van der Waals surface area contributed by atoms with Crippen molar-refractivity contribution in [1.82, 2.24) is 4.98 Å². The van der Waals surface area contributed by atoms with Gasteiger partial charge in [0.2, 0.25) is 5.91 Å². The fourth-order valence-corrected chi connectivity index (χ4v) is 4.11. The lowest BCUT2D eigenvalue weighted by molar-refractivity contribution is -0.113. The van der Waals surface area contributed by atoms with Crippen LogP contribution in [0.5, 0.6) is 5.75 Å². The van der Waals surface area contributed by atoms with E-state index in [0.717, 1.165) is 16.3 Å². The number of carbonyl (C=O) groups excluding carboxylic acids is 2. The molecule has 0 radical (unpaired) electrons. The maximum absolute atomic E-state index is 12.4. The molecule has 0 spiro atoms. The van der Waals surface area contributed by atoms with Crippen LogP contribution >= 0.6 is 23.1 Å². The number of ether oxygens (including phenoxy) is 2. The maximum atomic E-state index is 12.4. The quantitative estimate of drug-likeness (QED) is 0.458. The molecular formula is C20H18N2O4S2. The van der Waals surface area contributed by atoms with Crippen LogP contribution in [-0.2, 0) is 9.53 Å². The Labute approximate surface area is 170 Å². The number of hydrogen-bond donors (Lipinski definition) is 1. The van der Waals surface area contributed by atoms with Gasteiger partial charge in [-0.25, -0.2) is 9.78 Å². The molecule has 2 aromatic heterocycles. The van der Waals surface area contributed by atoms with Gasteiger partial charge in [0.15, 0.2) is 0 Å². The van der Waals surface area contributed by atoms with E-state index in [1.807, 2.05) is 47.8 Å². The van der Waals surface area contributed by atoms with Gasteiger partial charge in [0, 0.05) is 17.1 Å². The summed E-state index contributed by atoms with van der Waals surface area (Å²) in [5.41, 5.74) is 1.88. The summed E-state index contributed by atoms with van der Waals surface area (Å²) in [7, 11) is 2.91. The zero-order valence-corrected chi connectivity index (χ0v) is 16.9. The molecule has 8 heteroatoms. The van der Waals surface area contributed by atoms with Gasteiger partial charge < -0.3 is 14.8 Å². The zero-order chi connectivity index (χ0) is 19.9. The van der Waals surface area contributed by atoms with Crippen LogP contribution < -0.4 is 10.1 Å². The van der Waals surface area contributed by atoms with Gasteiger partial charge in [0.1, 0.15) is 16.3 Å². The third-order valence-electron chi connectivity index (χ3n) is 3.82. The normalized spacial score (nSPS) is 10.4. The number of methoxy groups -OCH3 is 2. The van der Waals surface area contributed by atoms with E-state index in [9.17, 15) is 9.59 Å². The Kier molecular flexibility index (Phi) is 6.67. The van der Waals surface area contributed by atoms with Crippen LogP contribution in [0.3, 0.4) is 0 Å². The summed E-state index contributed by atoms with van der Waals surface area (Å²) in [4.78, 5) is 28.9. The van der Waals surface area contributed by atoms with E-state index in [0.29, 0.717) is 16.1 Å². The summed E-state index contributed by atoms with van der Waals surface area (Å²) >= 11 is 2.61. The Morgan fingerprint density at radius 1 is 1.14 bits per heavy atom. The average Bonchev–Trinajstić information content (AvgIpc) is 3.16. The number of thioether (sulfide) groups is 1. The maximum Gasteiger partial charge on any atom is 0.341 e. The SMILES string of the molecule is COC(=O)c1c(-c2ccc(OC)cc2)csc1NC(=O)CSc1ccccn1. The molecule has 3 aromatic rings. The Morgan fingerprint density at radius 2 is 1.93 bits per heavy atom. The number of esters is 1. The molecule has 2 heterocycles. The third-order valence-corrected chi connectivity index (χ3v) is 5.66. The van der Waals surface area contributed by atoms with Gasteiger partial charge in [0.25, 0.3) is 0 Å². The summed E-state index contributed by atoms with van der Waals surface area (Å²) in [5.74, 6) is 0.190. The summed E-state index contributed by atoms with van der Waals surface area (Å²) in [6, 6.07) is 12.9. The molecule has 6 nitrogen and oxygen atoms in total. The first kappa shape index (κ1) is 19.9. The van der Waals surface area contributed by atoms with E-state index in [1.165, 1.54) is 30.2 Å². The number of aromatic nitrogens is 1. The molecule has 0 aliphatic heterocycles. The number of thiophene rings is 1. The van der Waals surface area contributed by atoms with E-state index in [-0.39, 0.29) is 11.7 Å². The van der Waals surface area contributed by atoms with Crippen LogP contribution in [0.25, 0.3) is 11.1 Å². The predicted molar refractivity (Wildman–Crippen MR) is 111 cm³/mol. The van der Waals surface area contributed by atoms with Crippen molar-refractivity contribution in [3.8, 4) is 16.9 Å². The zero-order valence-electron chi connectivity index (χ0n) is 15.3. The number of carbonyl (C=O) groups is 2. The van der Waals surface area contributed by atoms with E-state index in [1.54, 1.807) is 13.3 Å². The second-order valence-electron chi connectivity index (χ2n) is 5.58. The minimum Gasteiger partial charge on any atom is -0.497 e. The van der Waals surface area contributed by atoms with E-state index >= 15 is 0 Å². The Balaban J connectivity index is 1.79. The second kappa shape index (κ2) is 9.38. The molecule has 0 bridgehead atoms. The molecule has 0 saturated heterocycles. The van der Waals surface area contributed by atoms with Crippen molar-refractivity contribution in [3.05, 3.63) is 59.6 Å². The van der Waals surface area contributed by atoms with Crippen molar-refractivity contribution in [2.24, 2.45) is 0 Å². The van der Waals surface area contributed by atoms with Crippen LogP contribution in [0, 0.1) is 0 Å². The molecular weight excluding hydrogens is 396 g/mol. The third kappa shape index (κ3) is 4.71. The van der Waals surface area contributed by atoms with Crippen molar-refractivity contribution in [2.75, 3.05) is 25.3 Å². The number of anilines is 1. The Bertz CT molecular complexity index is 956. The highest BCUT2D eigenvalue weighted by molar-refractivity contribution is 7.99. The number of benzene rings is 1. The van der Waals surface area contributed by atoms with Gasteiger partial charge in [-0.2, -0.15) is 0 Å². The molecule has 0 aliphatic rings. The van der Waals surface area contributed by atoms with Crippen molar-refractivity contribution in [3.63, 3.8) is 0 Å². The van der Waals surface area contributed by atoms with E-state index in [2.05, 4.69) is 10.3 Å². The standard InChI is InChI=1S/C20H18N2O4S2/c1-25-14-8-6-13(7-9-14)15-11-28-19(18(15)20(24)26-2)22-16(23)12-27-17-5-3-4-10-21-17/h3-11H,12H2,1-2H3,(H,22,23). The van der Waals surface area contributed by atoms with Crippen LogP contribution in [0.4, 0.5) is 5.00 Å². The minimum absolute atomic E-state index is 0.188. The summed E-state index contributed by atoms with van der Waals surface area (Å²) < 4.78 is 10.1. The number of rotatable bonds is 7. The fraction of sp³-hybridized carbons (Fsp3) is 0.150. The van der Waals surface area contributed by atoms with Crippen molar-refractivity contribution in [2.45, 2.75) is 5.03 Å². The molecule has 0 aliphatic carbocycles. The van der Waals surface area contributed by atoms with Crippen LogP contribution in [-0.4, -0.2) is 36.8 Å². The van der Waals surface area contributed by atoms with E-state index in [4.69, 9.17) is 9.47 Å². The van der Waals surface area contributed by atoms with Crippen LogP contribution in [0.2, 0.25) is 0 Å². The second-order valence-corrected chi connectivity index (χ2v) is 7.45. The highest BCUT2D eigenvalue weighted by atomic mass is 32.2. The Morgan fingerprint density at radius 3 is 2.57 bits per heavy atom. The van der Waals surface area contributed by atoms with Crippen LogP contribution in [0.15, 0.2) is 59.1 Å². The molecule has 0 saturated carbocycles. The first-order valence-corrected chi connectivity index (χ1v) is 10.2. The lowest BCUT2D eigenvalue weighted by Gasteiger charge is -2.08. The molecule has 1 amide bonds. The van der Waals surface area contributed by atoms with Crippen molar-refractivity contribution in [1.29, 1.82) is 0 Å². The Hall–Kier alpha value is -2.84. The highest BCUT2D eigenvalue weighted by Crippen LogP contribution is 2.36. The van der Waals surface area contributed by atoms with Gasteiger partial charge in [0.05, 0.1) is 25.0 Å². The summed E-state index contributed by atoms with van der Waals surface area (Å²) in [6.07, 6.45) is 1.68. The van der Waals surface area contributed by atoms with Gasteiger partial charge in [-0.15, -0.1) is 11.3 Å². The molecule has 0 unspecified atom stereocenters. The lowest BCUT2D eigenvalue weighted by Crippen LogP contribution is -2.16. The fourth-order valence-electron chi connectivity index (χ4n) is 2.47. The topological polar surface area (TPSA) is 77.5 Å². The number of nitrogens with zero attached hydrogens (tertiary/aromatic N) is 1. The first-order valence-electron chi connectivity index (χ1n) is 8.30. The average molecular weight is 415 g/mol.